The van der Waals surface area contributed by atoms with Crippen LogP contribution >= 0.6 is 0 Å². The van der Waals surface area contributed by atoms with Crippen molar-refractivity contribution in [3.8, 4) is 0 Å². The van der Waals surface area contributed by atoms with Crippen LogP contribution in [0.3, 0.4) is 0 Å². The molecule has 0 atom stereocenters. The second kappa shape index (κ2) is 2.51. The number of nitrogens with two attached hydrogens (primary N) is 1. The van der Waals surface area contributed by atoms with Gasteiger partial charge in [-0.25, -0.2) is 0 Å². The van der Waals surface area contributed by atoms with Crippen LogP contribution < -0.4 is 5.73 Å². The average Bonchev–Trinajstić information content (AvgIpc) is 3.08. The fourth-order valence-corrected chi connectivity index (χ4v) is 2.52. The first-order valence-corrected chi connectivity index (χ1v) is 5.72. The van der Waals surface area contributed by atoms with Crippen molar-refractivity contribution in [3.63, 3.8) is 0 Å². The Hall–Kier alpha value is -0.570. The van der Waals surface area contributed by atoms with Crippen molar-refractivity contribution in [2.75, 3.05) is 13.1 Å². The highest BCUT2D eigenvalue weighted by molar-refractivity contribution is 5.89. The molecule has 0 radical (unpaired) electrons. The van der Waals surface area contributed by atoms with E-state index in [0.717, 1.165) is 25.9 Å². The van der Waals surface area contributed by atoms with E-state index < -0.39 is 5.54 Å². The van der Waals surface area contributed by atoms with Crippen LogP contribution in [0.5, 0.6) is 0 Å². The third-order valence-corrected chi connectivity index (χ3v) is 4.28. The molecule has 2 aliphatic carbocycles. The Kier molecular flexibility index (Phi) is 1.56. The summed E-state index contributed by atoms with van der Waals surface area (Å²) < 4.78 is 0. The molecule has 3 nitrogen and oxygen atoms in total. The summed E-state index contributed by atoms with van der Waals surface area (Å²) in [7, 11) is 0. The van der Waals surface area contributed by atoms with Crippen molar-refractivity contribution in [1.82, 2.24) is 4.90 Å². The minimum atomic E-state index is -0.450. The number of nitrogens with zero attached hydrogens (tertiary/aromatic N) is 1. The molecule has 14 heavy (non-hydrogen) atoms. The molecule has 0 unspecified atom stereocenters. The third-order valence-electron chi connectivity index (χ3n) is 4.28. The van der Waals surface area contributed by atoms with Gasteiger partial charge in [-0.15, -0.1) is 0 Å². The molecule has 1 spiro atoms. The van der Waals surface area contributed by atoms with Gasteiger partial charge in [-0.2, -0.15) is 0 Å². The molecule has 1 aliphatic heterocycles. The molecule has 0 aromatic carbocycles. The van der Waals surface area contributed by atoms with Gasteiger partial charge in [-0.05, 0) is 43.9 Å². The molecule has 1 saturated heterocycles. The number of rotatable bonds is 1. The van der Waals surface area contributed by atoms with Gasteiger partial charge < -0.3 is 10.6 Å². The van der Waals surface area contributed by atoms with E-state index >= 15 is 0 Å². The second-order valence-corrected chi connectivity index (χ2v) is 5.45. The number of carbonyl (C=O) groups is 1. The number of carbonyl (C=O) groups excluding carboxylic acids is 1. The van der Waals surface area contributed by atoms with Crippen molar-refractivity contribution < 1.29 is 4.79 Å². The highest BCUT2D eigenvalue weighted by Gasteiger charge is 2.51. The fraction of sp³-hybridized carbons (Fsp3) is 0.909. The third kappa shape index (κ3) is 1.26. The molecule has 1 heterocycles. The van der Waals surface area contributed by atoms with Crippen molar-refractivity contribution in [2.45, 2.75) is 44.1 Å². The summed E-state index contributed by atoms with van der Waals surface area (Å²) in [6.45, 7) is 1.91. The van der Waals surface area contributed by atoms with E-state index in [1.807, 2.05) is 4.90 Å². The van der Waals surface area contributed by atoms with Gasteiger partial charge in [0.1, 0.15) is 0 Å². The standard InChI is InChI=1S/C11H18N2O/c12-11(3-4-11)9(14)13-7-5-10(1-2-10)6-8-13/h1-8,12H2. The first-order chi connectivity index (χ1) is 6.64. The minimum absolute atomic E-state index is 0.216. The zero-order chi connectivity index (χ0) is 9.81. The topological polar surface area (TPSA) is 46.3 Å². The lowest BCUT2D eigenvalue weighted by atomic mass is 9.93. The van der Waals surface area contributed by atoms with E-state index in [1.165, 1.54) is 25.7 Å². The zero-order valence-corrected chi connectivity index (χ0v) is 8.59. The number of likely N-dealkylation sites (tertiary alicyclic amines) is 1. The van der Waals surface area contributed by atoms with Crippen LogP contribution in [-0.4, -0.2) is 29.4 Å². The maximum absolute atomic E-state index is 11.9. The lowest BCUT2D eigenvalue weighted by Gasteiger charge is -2.33. The normalized spacial score (nSPS) is 31.6. The maximum atomic E-state index is 11.9. The quantitative estimate of drug-likeness (QED) is 0.673. The van der Waals surface area contributed by atoms with Gasteiger partial charge in [0, 0.05) is 13.1 Å². The second-order valence-electron chi connectivity index (χ2n) is 5.45. The number of hydrogen-bond donors (Lipinski definition) is 1. The summed E-state index contributed by atoms with van der Waals surface area (Å²) in [5.41, 5.74) is 6.12. The van der Waals surface area contributed by atoms with Crippen molar-refractivity contribution >= 4 is 5.91 Å². The van der Waals surface area contributed by atoms with E-state index in [4.69, 9.17) is 5.73 Å². The molecule has 3 aliphatic rings. The predicted molar refractivity (Wildman–Crippen MR) is 53.6 cm³/mol. The average molecular weight is 194 g/mol. The lowest BCUT2D eigenvalue weighted by Crippen LogP contribution is -2.49. The van der Waals surface area contributed by atoms with E-state index in [2.05, 4.69) is 0 Å². The maximum Gasteiger partial charge on any atom is 0.242 e. The van der Waals surface area contributed by atoms with Crippen LogP contribution in [0.4, 0.5) is 0 Å². The highest BCUT2D eigenvalue weighted by Crippen LogP contribution is 2.53. The number of hydrogen-bond acceptors (Lipinski definition) is 2. The molecule has 3 heteroatoms. The summed E-state index contributed by atoms with van der Waals surface area (Å²) in [6, 6.07) is 0. The lowest BCUT2D eigenvalue weighted by molar-refractivity contribution is -0.135. The molecule has 0 aromatic rings. The Bertz CT molecular complexity index is 269. The Morgan fingerprint density at radius 3 is 2.00 bits per heavy atom. The van der Waals surface area contributed by atoms with Crippen LogP contribution in [0.2, 0.25) is 0 Å². The van der Waals surface area contributed by atoms with Crippen molar-refractivity contribution in [2.24, 2.45) is 11.1 Å². The largest absolute Gasteiger partial charge is 0.341 e. The molecular weight excluding hydrogens is 176 g/mol. The van der Waals surface area contributed by atoms with Gasteiger partial charge in [-0.3, -0.25) is 4.79 Å². The molecule has 2 N–H and O–H groups in total. The SMILES string of the molecule is NC1(C(=O)N2CCC3(CC2)CC3)CC1. The molecule has 2 saturated carbocycles. The number of amides is 1. The van der Waals surface area contributed by atoms with Crippen molar-refractivity contribution in [1.29, 1.82) is 0 Å². The smallest absolute Gasteiger partial charge is 0.242 e. The molecule has 0 aromatic heterocycles. The summed E-state index contributed by atoms with van der Waals surface area (Å²) in [6.07, 6.45) is 7.01. The van der Waals surface area contributed by atoms with Gasteiger partial charge in [0.25, 0.3) is 0 Å². The molecule has 3 fully saturated rings. The van der Waals surface area contributed by atoms with Crippen LogP contribution in [0, 0.1) is 5.41 Å². The monoisotopic (exact) mass is 194 g/mol. The predicted octanol–water partition coefficient (Wildman–Crippen LogP) is 0.880. The summed E-state index contributed by atoms with van der Waals surface area (Å²) in [5, 5.41) is 0. The Morgan fingerprint density at radius 1 is 1.00 bits per heavy atom. The van der Waals surface area contributed by atoms with Gasteiger partial charge in [0.2, 0.25) is 5.91 Å². The summed E-state index contributed by atoms with van der Waals surface area (Å²) >= 11 is 0. The van der Waals surface area contributed by atoms with Crippen LogP contribution in [-0.2, 0) is 4.79 Å². The Labute approximate surface area is 84.6 Å². The Morgan fingerprint density at radius 2 is 1.57 bits per heavy atom. The van der Waals surface area contributed by atoms with Gasteiger partial charge in [-0.1, -0.05) is 0 Å². The van der Waals surface area contributed by atoms with Gasteiger partial charge in [0.05, 0.1) is 5.54 Å². The van der Waals surface area contributed by atoms with E-state index in [-0.39, 0.29) is 5.91 Å². The molecular formula is C11H18N2O. The molecule has 3 rings (SSSR count). The Balaban J connectivity index is 1.61. The zero-order valence-electron chi connectivity index (χ0n) is 8.59. The van der Waals surface area contributed by atoms with Crippen LogP contribution in [0.15, 0.2) is 0 Å². The molecule has 78 valence electrons. The highest BCUT2D eigenvalue weighted by atomic mass is 16.2. The molecule has 0 bridgehead atoms. The van der Waals surface area contributed by atoms with Crippen molar-refractivity contribution in [3.05, 3.63) is 0 Å². The summed E-state index contributed by atoms with van der Waals surface area (Å²) in [4.78, 5) is 13.9. The van der Waals surface area contributed by atoms with Gasteiger partial charge >= 0.3 is 0 Å². The molecule has 1 amide bonds. The van der Waals surface area contributed by atoms with E-state index in [0.29, 0.717) is 5.41 Å². The van der Waals surface area contributed by atoms with Crippen LogP contribution in [0.25, 0.3) is 0 Å². The van der Waals surface area contributed by atoms with Gasteiger partial charge in [0.15, 0.2) is 0 Å². The summed E-state index contributed by atoms with van der Waals surface area (Å²) in [5.74, 6) is 0.216. The fourth-order valence-electron chi connectivity index (χ4n) is 2.52. The first kappa shape index (κ1) is 8.72. The van der Waals surface area contributed by atoms with E-state index in [1.54, 1.807) is 0 Å². The number of piperidine rings is 1. The van der Waals surface area contributed by atoms with Crippen LogP contribution in [0.1, 0.15) is 38.5 Å². The first-order valence-electron chi connectivity index (χ1n) is 5.72. The minimum Gasteiger partial charge on any atom is -0.341 e. The van der Waals surface area contributed by atoms with E-state index in [9.17, 15) is 4.79 Å².